The monoisotopic (exact) mass is 324 g/mol. The molecular formula is C19H32O2S. The first-order valence-corrected chi connectivity index (χ1v) is 9.65. The summed E-state index contributed by atoms with van der Waals surface area (Å²) in [5.41, 5.74) is 3.17. The molecule has 0 aliphatic heterocycles. The number of esters is 1. The second kappa shape index (κ2) is 18.1. The van der Waals surface area contributed by atoms with Gasteiger partial charge in [0.2, 0.25) is 0 Å². The van der Waals surface area contributed by atoms with Crippen molar-refractivity contribution in [3.05, 3.63) is 30.0 Å². The van der Waals surface area contributed by atoms with Crippen molar-refractivity contribution in [1.82, 2.24) is 0 Å². The molecule has 0 spiro atoms. The lowest BCUT2D eigenvalue weighted by Crippen LogP contribution is -1.98. The number of carbonyl (C=O) groups is 1. The van der Waals surface area contributed by atoms with Crippen LogP contribution in [0, 0.1) is 0 Å². The van der Waals surface area contributed by atoms with Crippen molar-refractivity contribution in [2.45, 2.75) is 64.7 Å². The van der Waals surface area contributed by atoms with E-state index in [0.29, 0.717) is 6.42 Å². The molecule has 22 heavy (non-hydrogen) atoms. The lowest BCUT2D eigenvalue weighted by molar-refractivity contribution is -0.140. The van der Waals surface area contributed by atoms with Crippen LogP contribution in [-0.4, -0.2) is 24.6 Å². The van der Waals surface area contributed by atoms with Crippen molar-refractivity contribution in [1.29, 1.82) is 0 Å². The Balaban J connectivity index is 3.32. The second-order valence-corrected chi connectivity index (χ2v) is 6.38. The van der Waals surface area contributed by atoms with Gasteiger partial charge in [-0.3, -0.25) is 4.79 Å². The Bertz CT molecular complexity index is 341. The van der Waals surface area contributed by atoms with Crippen molar-refractivity contribution in [3.8, 4) is 0 Å². The van der Waals surface area contributed by atoms with Gasteiger partial charge in [0.15, 0.2) is 0 Å². The van der Waals surface area contributed by atoms with Crippen LogP contribution in [0.1, 0.15) is 64.7 Å². The fraction of sp³-hybridized carbons (Fsp3) is 0.684. The summed E-state index contributed by atoms with van der Waals surface area (Å²) >= 11 is 1.93. The summed E-state index contributed by atoms with van der Waals surface area (Å²) in [6.45, 7) is 2.25. The summed E-state index contributed by atoms with van der Waals surface area (Å²) < 4.78 is 4.58. The summed E-state index contributed by atoms with van der Waals surface area (Å²) in [7, 11) is 1.43. The Labute approximate surface area is 141 Å². The Kier molecular flexibility index (Phi) is 17.4. The fourth-order valence-electron chi connectivity index (χ4n) is 1.88. The molecule has 0 N–H and O–H groups in total. The molecule has 0 aromatic heterocycles. The molecule has 0 aromatic rings. The van der Waals surface area contributed by atoms with Crippen LogP contribution in [0.2, 0.25) is 0 Å². The van der Waals surface area contributed by atoms with E-state index in [4.69, 9.17) is 0 Å². The minimum atomic E-state index is -0.133. The van der Waals surface area contributed by atoms with E-state index in [9.17, 15) is 4.79 Å². The summed E-state index contributed by atoms with van der Waals surface area (Å²) in [6.07, 6.45) is 18.7. The van der Waals surface area contributed by atoms with E-state index in [1.54, 1.807) is 0 Å². The summed E-state index contributed by atoms with van der Waals surface area (Å²) in [4.78, 5) is 10.9. The average molecular weight is 325 g/mol. The largest absolute Gasteiger partial charge is 0.469 e. The zero-order valence-corrected chi connectivity index (χ0v) is 15.1. The van der Waals surface area contributed by atoms with Crippen molar-refractivity contribution >= 4 is 17.7 Å². The van der Waals surface area contributed by atoms with Crippen molar-refractivity contribution in [2.75, 3.05) is 18.6 Å². The SMILES string of the molecule is CCCCCC/C=C\CCSCC=C=CCCCC(=O)OC. The standard InChI is InChI=1S/C19H32O2S/c1-3-4-5-6-7-8-11-14-17-22-18-15-12-9-10-13-16-19(20)21-2/h8-9,11,15H,3-7,10,13-14,16-18H2,1-2H3/b11-8-. The second-order valence-electron chi connectivity index (χ2n) is 5.23. The maximum atomic E-state index is 10.9. The number of hydrogen-bond acceptors (Lipinski definition) is 3. The first-order chi connectivity index (χ1) is 10.8. The van der Waals surface area contributed by atoms with Gasteiger partial charge in [-0.05, 0) is 50.0 Å². The van der Waals surface area contributed by atoms with Gasteiger partial charge in [-0.1, -0.05) is 38.3 Å². The highest BCUT2D eigenvalue weighted by Crippen LogP contribution is 2.06. The lowest BCUT2D eigenvalue weighted by Gasteiger charge is -1.95. The maximum Gasteiger partial charge on any atom is 0.305 e. The molecule has 0 bridgehead atoms. The highest BCUT2D eigenvalue weighted by Gasteiger charge is 1.96. The fourth-order valence-corrected chi connectivity index (χ4v) is 2.57. The number of ether oxygens (including phenoxy) is 1. The maximum absolute atomic E-state index is 10.9. The Morgan fingerprint density at radius 1 is 1.05 bits per heavy atom. The van der Waals surface area contributed by atoms with Gasteiger partial charge in [0.1, 0.15) is 0 Å². The predicted molar refractivity (Wildman–Crippen MR) is 98.4 cm³/mol. The summed E-state index contributed by atoms with van der Waals surface area (Å²) in [5, 5.41) is 0. The number of rotatable bonds is 14. The molecule has 0 heterocycles. The van der Waals surface area contributed by atoms with Crippen molar-refractivity contribution in [2.24, 2.45) is 0 Å². The molecule has 0 rings (SSSR count). The Hall–Kier alpha value is -0.920. The highest BCUT2D eigenvalue weighted by atomic mass is 32.2. The molecule has 0 saturated heterocycles. The van der Waals surface area contributed by atoms with Crippen molar-refractivity contribution < 1.29 is 9.53 Å². The third kappa shape index (κ3) is 17.1. The molecule has 0 fully saturated rings. The molecule has 0 aliphatic carbocycles. The number of carbonyl (C=O) groups excluding carboxylic acids is 1. The minimum Gasteiger partial charge on any atom is -0.469 e. The number of methoxy groups -OCH3 is 1. The Morgan fingerprint density at radius 3 is 2.64 bits per heavy atom. The molecular weight excluding hydrogens is 292 g/mol. The van der Waals surface area contributed by atoms with Gasteiger partial charge in [-0.15, -0.1) is 5.73 Å². The molecule has 3 heteroatoms. The number of thioether (sulfide) groups is 1. The first-order valence-electron chi connectivity index (χ1n) is 8.50. The van der Waals surface area contributed by atoms with Crippen LogP contribution in [0.15, 0.2) is 30.0 Å². The van der Waals surface area contributed by atoms with Crippen LogP contribution in [-0.2, 0) is 9.53 Å². The zero-order chi connectivity index (χ0) is 16.3. The van der Waals surface area contributed by atoms with Gasteiger partial charge in [0, 0.05) is 12.2 Å². The van der Waals surface area contributed by atoms with E-state index in [1.165, 1.54) is 45.0 Å². The molecule has 0 radical (unpaired) electrons. The molecule has 0 unspecified atom stereocenters. The molecule has 126 valence electrons. The number of allylic oxidation sites excluding steroid dienone is 2. The zero-order valence-electron chi connectivity index (χ0n) is 14.3. The van der Waals surface area contributed by atoms with E-state index in [-0.39, 0.29) is 5.97 Å². The van der Waals surface area contributed by atoms with Gasteiger partial charge in [-0.25, -0.2) is 0 Å². The van der Waals surface area contributed by atoms with E-state index in [2.05, 4.69) is 35.6 Å². The Morgan fingerprint density at radius 2 is 1.86 bits per heavy atom. The quantitative estimate of drug-likeness (QED) is 0.178. The summed E-state index contributed by atoms with van der Waals surface area (Å²) in [5.74, 6) is 2.05. The molecule has 0 aromatic carbocycles. The predicted octanol–water partition coefficient (Wildman–Crippen LogP) is 5.69. The molecule has 0 saturated carbocycles. The highest BCUT2D eigenvalue weighted by molar-refractivity contribution is 7.99. The van der Waals surface area contributed by atoms with Gasteiger partial charge in [0.05, 0.1) is 7.11 Å². The smallest absolute Gasteiger partial charge is 0.305 e. The van der Waals surface area contributed by atoms with Crippen LogP contribution >= 0.6 is 11.8 Å². The van der Waals surface area contributed by atoms with E-state index < -0.39 is 0 Å². The number of hydrogen-bond donors (Lipinski definition) is 0. The third-order valence-corrected chi connectivity index (χ3v) is 4.14. The molecule has 0 aliphatic rings. The first kappa shape index (κ1) is 21.1. The van der Waals surface area contributed by atoms with E-state index in [1.807, 2.05) is 17.8 Å². The molecule has 2 nitrogen and oxygen atoms in total. The van der Waals surface area contributed by atoms with Gasteiger partial charge in [0.25, 0.3) is 0 Å². The van der Waals surface area contributed by atoms with Crippen molar-refractivity contribution in [3.63, 3.8) is 0 Å². The molecule has 0 atom stereocenters. The van der Waals surface area contributed by atoms with Crippen LogP contribution in [0.5, 0.6) is 0 Å². The van der Waals surface area contributed by atoms with E-state index in [0.717, 1.165) is 25.0 Å². The van der Waals surface area contributed by atoms with Crippen LogP contribution < -0.4 is 0 Å². The normalized spacial score (nSPS) is 10.5. The van der Waals surface area contributed by atoms with Crippen LogP contribution in [0.3, 0.4) is 0 Å². The molecule has 0 amide bonds. The minimum absolute atomic E-state index is 0.133. The summed E-state index contributed by atoms with van der Waals surface area (Å²) in [6, 6.07) is 0. The third-order valence-electron chi connectivity index (χ3n) is 3.21. The topological polar surface area (TPSA) is 26.3 Å². The van der Waals surface area contributed by atoms with Gasteiger partial charge >= 0.3 is 5.97 Å². The lowest BCUT2D eigenvalue weighted by atomic mass is 10.1. The van der Waals surface area contributed by atoms with Gasteiger partial charge in [-0.2, -0.15) is 11.8 Å². The van der Waals surface area contributed by atoms with Crippen LogP contribution in [0.4, 0.5) is 0 Å². The number of unbranched alkanes of at least 4 members (excludes halogenated alkanes) is 5. The van der Waals surface area contributed by atoms with E-state index >= 15 is 0 Å². The van der Waals surface area contributed by atoms with Crippen LogP contribution in [0.25, 0.3) is 0 Å². The average Bonchev–Trinajstić information content (AvgIpc) is 2.54. The van der Waals surface area contributed by atoms with Gasteiger partial charge < -0.3 is 4.74 Å².